The summed E-state index contributed by atoms with van der Waals surface area (Å²) in [6.45, 7) is 11.7. The van der Waals surface area contributed by atoms with Crippen LogP contribution in [0.2, 0.25) is 5.02 Å². The number of anilines is 6. The zero-order chi connectivity index (χ0) is 75.5. The molecule has 0 bridgehead atoms. The summed E-state index contributed by atoms with van der Waals surface area (Å²) in [7, 11) is 0. The molecule has 24 nitrogen and oxygen atoms in total. The Morgan fingerprint density at radius 2 is 0.697 bits per heavy atom. The SMILES string of the molecule is O=C(Nc1cccc(F)c1)Nc1cccc(Oc2ccc3ncc(CN4CCOCC4)nc3c2)c1.O=C(Nc1cccc(Oc2ccc3ncc(CN4CCOCC4)nc3c2)c1)Nc1ccc(Cl)c(F)c1.O=C(Nc1cccc(Oc2ccc3ncc(CN4CCOCC4)nc3c2)c1)Nc1cccc(C(F)(F)F)c1. The number of amides is 6. The largest absolute Gasteiger partial charge is 0.457 e. The van der Waals surface area contributed by atoms with Crippen molar-refractivity contribution in [1.82, 2.24) is 44.6 Å². The number of fused-ring (bicyclic) bond motifs is 3. The van der Waals surface area contributed by atoms with Crippen molar-refractivity contribution in [3.63, 3.8) is 0 Å². The first-order valence-corrected chi connectivity index (χ1v) is 34.9. The fourth-order valence-corrected chi connectivity index (χ4v) is 11.7. The van der Waals surface area contributed by atoms with Gasteiger partial charge in [-0.25, -0.2) is 38.1 Å². The Labute approximate surface area is 626 Å². The highest BCUT2D eigenvalue weighted by molar-refractivity contribution is 6.30. The van der Waals surface area contributed by atoms with Gasteiger partial charge >= 0.3 is 24.3 Å². The molecule has 3 aliphatic rings. The van der Waals surface area contributed by atoms with Crippen LogP contribution in [-0.4, -0.2) is 142 Å². The number of urea groups is 3. The number of nitrogens with one attached hydrogen (secondary N) is 6. The lowest BCUT2D eigenvalue weighted by atomic mass is 10.2. The van der Waals surface area contributed by atoms with Crippen molar-refractivity contribution >= 4 is 96.9 Å². The van der Waals surface area contributed by atoms with E-state index in [2.05, 4.69) is 61.6 Å². The quantitative estimate of drug-likeness (QED) is 0.0436. The van der Waals surface area contributed by atoms with E-state index in [4.69, 9.17) is 55.0 Å². The molecular formula is C79H71ClF5N15O9. The van der Waals surface area contributed by atoms with Crippen LogP contribution in [-0.2, 0) is 40.0 Å². The molecular weight excluding hydrogens is 1430 g/mol. The second-order valence-corrected chi connectivity index (χ2v) is 25.5. The molecule has 6 amide bonds. The van der Waals surface area contributed by atoms with Gasteiger partial charge in [-0.15, -0.1) is 0 Å². The number of hydrogen-bond donors (Lipinski definition) is 6. The van der Waals surface area contributed by atoms with E-state index in [9.17, 15) is 36.3 Å². The lowest BCUT2D eigenvalue weighted by Gasteiger charge is -2.26. The Hall–Kier alpha value is -12.1. The molecule has 0 spiro atoms. The van der Waals surface area contributed by atoms with E-state index < -0.39 is 41.5 Å². The molecule has 15 rings (SSSR count). The van der Waals surface area contributed by atoms with Crippen LogP contribution < -0.4 is 46.1 Å². The Balaban J connectivity index is 0.000000144. The molecule has 9 aromatic carbocycles. The van der Waals surface area contributed by atoms with Crippen LogP contribution in [0.15, 0.2) is 213 Å². The van der Waals surface area contributed by atoms with Crippen molar-refractivity contribution in [1.29, 1.82) is 0 Å². The standard InChI is InChI=1S/C27H24F3N5O3.C26H23ClFN5O3.C26H24FN5O3/c28-27(29,30)18-3-1-4-19(13-18)33-26(36)34-20-5-2-6-22(14-20)38-23-7-8-24-25(15-23)32-21(16-31-24)17-35-9-11-37-12-10-35;27-22-6-4-18(13-23(22)28)32-26(34)31-17-2-1-3-20(12-17)36-21-5-7-24-25(14-21)30-19(15-29-24)16-33-8-10-35-11-9-33;27-18-3-1-4-19(13-18)30-26(33)31-20-5-2-6-22(14-20)35-23-7-8-24-25(15-23)29-21(16-28-24)17-32-9-11-34-12-10-32/h1-8,13-16H,9-12,17H2,(H2,33,34,36);1-7,12-15H,8-11,16H2,(H2,31,32,34);1-8,13-16H,9-12,17H2,(H2,30,31,33). The number of alkyl halides is 3. The summed E-state index contributed by atoms with van der Waals surface area (Å²) in [5, 5.41) is 15.6. The summed E-state index contributed by atoms with van der Waals surface area (Å²) in [5.74, 6) is 2.24. The second kappa shape index (κ2) is 36.0. The normalized spacial score (nSPS) is 14.1. The van der Waals surface area contributed by atoms with Gasteiger partial charge in [0.05, 0.1) is 119 Å². The van der Waals surface area contributed by atoms with Gasteiger partial charge in [-0.1, -0.05) is 41.9 Å². The Morgan fingerprint density at radius 1 is 0.376 bits per heavy atom. The van der Waals surface area contributed by atoms with Gasteiger partial charge in [0.1, 0.15) is 46.1 Å². The highest BCUT2D eigenvalue weighted by Gasteiger charge is 2.31. The number of carbonyl (C=O) groups excluding carboxylic acids is 3. The van der Waals surface area contributed by atoms with Crippen LogP contribution in [0.5, 0.6) is 34.5 Å². The summed E-state index contributed by atoms with van der Waals surface area (Å²) >= 11 is 5.68. The molecule has 3 aromatic heterocycles. The molecule has 6 N–H and O–H groups in total. The first-order chi connectivity index (χ1) is 52.9. The van der Waals surface area contributed by atoms with Gasteiger partial charge in [0.2, 0.25) is 0 Å². The van der Waals surface area contributed by atoms with Gasteiger partial charge in [-0.2, -0.15) is 13.2 Å². The molecule has 0 atom stereocenters. The maximum Gasteiger partial charge on any atom is 0.416 e. The van der Waals surface area contributed by atoms with Crippen molar-refractivity contribution in [2.75, 3.05) is 111 Å². The molecule has 0 unspecified atom stereocenters. The highest BCUT2D eigenvalue weighted by atomic mass is 35.5. The van der Waals surface area contributed by atoms with E-state index in [1.54, 1.807) is 103 Å². The van der Waals surface area contributed by atoms with Gasteiger partial charge in [0.25, 0.3) is 0 Å². The third kappa shape index (κ3) is 22.3. The number of carbonyl (C=O) groups is 3. The Kier molecular flexibility index (Phi) is 24.8. The van der Waals surface area contributed by atoms with E-state index in [1.165, 1.54) is 42.5 Å². The maximum atomic E-state index is 13.6. The van der Waals surface area contributed by atoms with Crippen LogP contribution in [0.25, 0.3) is 33.1 Å². The predicted molar refractivity (Wildman–Crippen MR) is 404 cm³/mol. The molecule has 3 saturated heterocycles. The Bertz CT molecular complexity index is 5190. The van der Waals surface area contributed by atoms with E-state index in [0.717, 1.165) is 142 Å². The third-order valence-electron chi connectivity index (χ3n) is 16.8. The van der Waals surface area contributed by atoms with Crippen LogP contribution in [0.1, 0.15) is 22.6 Å². The smallest absolute Gasteiger partial charge is 0.416 e. The molecule has 0 saturated carbocycles. The number of benzene rings is 9. The number of hydrogen-bond acceptors (Lipinski definition) is 18. The van der Waals surface area contributed by atoms with Gasteiger partial charge in [-0.3, -0.25) is 29.7 Å². The van der Waals surface area contributed by atoms with Crippen molar-refractivity contribution in [3.8, 4) is 34.5 Å². The van der Waals surface area contributed by atoms with Crippen LogP contribution >= 0.6 is 11.6 Å². The summed E-state index contributed by atoms with van der Waals surface area (Å²) < 4.78 is 99.9. The van der Waals surface area contributed by atoms with Gasteiger partial charge in [0, 0.05) is 129 Å². The molecule has 6 heterocycles. The van der Waals surface area contributed by atoms with Crippen LogP contribution in [0, 0.1) is 11.6 Å². The fraction of sp³-hybridized carbons (Fsp3) is 0.203. The molecule has 558 valence electrons. The summed E-state index contributed by atoms with van der Waals surface area (Å²) in [5.41, 5.74) is 8.39. The van der Waals surface area contributed by atoms with Crippen molar-refractivity contribution in [2.24, 2.45) is 0 Å². The topological polar surface area (TPSA) is 266 Å². The molecule has 109 heavy (non-hydrogen) atoms. The van der Waals surface area contributed by atoms with Crippen LogP contribution in [0.3, 0.4) is 0 Å². The Morgan fingerprint density at radius 3 is 1.05 bits per heavy atom. The average molecular weight is 1500 g/mol. The number of ether oxygens (including phenoxy) is 6. The molecule has 0 aliphatic carbocycles. The van der Waals surface area contributed by atoms with Crippen molar-refractivity contribution in [3.05, 3.63) is 252 Å². The minimum absolute atomic E-state index is 0.0150. The zero-order valence-corrected chi connectivity index (χ0v) is 59.0. The van der Waals surface area contributed by atoms with Crippen molar-refractivity contribution in [2.45, 2.75) is 25.8 Å². The van der Waals surface area contributed by atoms with E-state index >= 15 is 0 Å². The first kappa shape index (κ1) is 75.2. The number of aromatic nitrogens is 6. The molecule has 0 radical (unpaired) electrons. The van der Waals surface area contributed by atoms with Crippen LogP contribution in [0.4, 0.5) is 70.5 Å². The highest BCUT2D eigenvalue weighted by Crippen LogP contribution is 2.33. The number of rotatable bonds is 18. The summed E-state index contributed by atoms with van der Waals surface area (Å²) in [4.78, 5) is 71.6. The minimum atomic E-state index is -4.50. The maximum absolute atomic E-state index is 13.6. The summed E-state index contributed by atoms with van der Waals surface area (Å²) in [6, 6.07) is 49.5. The lowest BCUT2D eigenvalue weighted by Crippen LogP contribution is -2.35. The first-order valence-electron chi connectivity index (χ1n) is 34.6. The van der Waals surface area contributed by atoms with Crippen molar-refractivity contribution < 1.29 is 64.8 Å². The average Bonchev–Trinajstić information content (AvgIpc) is 0.828. The van der Waals surface area contributed by atoms with Gasteiger partial charge in [-0.05, 0) is 127 Å². The molecule has 30 heteroatoms. The fourth-order valence-electron chi connectivity index (χ4n) is 11.6. The lowest BCUT2D eigenvalue weighted by molar-refractivity contribution is -0.137. The monoisotopic (exact) mass is 1500 g/mol. The minimum Gasteiger partial charge on any atom is -0.457 e. The number of halogens is 6. The van der Waals surface area contributed by atoms with E-state index in [1.807, 2.05) is 48.7 Å². The van der Waals surface area contributed by atoms with Gasteiger partial charge in [0.15, 0.2) is 0 Å². The second-order valence-electron chi connectivity index (χ2n) is 25.0. The van der Waals surface area contributed by atoms with E-state index in [0.29, 0.717) is 82.5 Å². The predicted octanol–water partition coefficient (Wildman–Crippen LogP) is 16.6. The zero-order valence-electron chi connectivity index (χ0n) is 58.3. The third-order valence-corrected chi connectivity index (χ3v) is 17.2. The molecule has 3 aliphatic heterocycles. The van der Waals surface area contributed by atoms with Gasteiger partial charge < -0.3 is 60.3 Å². The molecule has 3 fully saturated rings. The number of morpholine rings is 3. The van der Waals surface area contributed by atoms with E-state index in [-0.39, 0.29) is 16.4 Å². The summed E-state index contributed by atoms with van der Waals surface area (Å²) in [6.07, 6.45) is 0.885. The number of nitrogens with zero attached hydrogens (tertiary/aromatic N) is 9. The molecule has 12 aromatic rings.